The van der Waals surface area contributed by atoms with E-state index in [1.807, 2.05) is 12.1 Å². The predicted molar refractivity (Wildman–Crippen MR) is 114 cm³/mol. The number of benzene rings is 1. The molecule has 3 rings (SSSR count). The van der Waals surface area contributed by atoms with Crippen molar-refractivity contribution in [3.05, 3.63) is 53.3 Å². The Morgan fingerprint density at radius 2 is 1.84 bits per heavy atom. The van der Waals surface area contributed by atoms with Crippen molar-refractivity contribution in [2.24, 2.45) is 5.92 Å². The molecule has 1 fully saturated rings. The molecule has 32 heavy (non-hydrogen) atoms. The monoisotopic (exact) mass is 459 g/mol. The molecule has 0 N–H and O–H groups in total. The summed E-state index contributed by atoms with van der Waals surface area (Å²) >= 11 is 0. The van der Waals surface area contributed by atoms with Crippen molar-refractivity contribution in [3.8, 4) is 6.07 Å². The number of sulfonamides is 1. The summed E-state index contributed by atoms with van der Waals surface area (Å²) in [6.45, 7) is 2.57. The quantitative estimate of drug-likeness (QED) is 0.583. The molecule has 0 saturated carbocycles. The molecule has 0 spiro atoms. The van der Waals surface area contributed by atoms with Crippen LogP contribution in [0.2, 0.25) is 0 Å². The fourth-order valence-corrected chi connectivity index (χ4v) is 4.97. The van der Waals surface area contributed by atoms with Crippen LogP contribution >= 0.6 is 0 Å². The minimum atomic E-state index is -3.91. The van der Waals surface area contributed by atoms with Crippen LogP contribution in [-0.4, -0.2) is 56.2 Å². The van der Waals surface area contributed by atoms with E-state index in [2.05, 4.69) is 6.07 Å². The zero-order chi connectivity index (χ0) is 23.3. The summed E-state index contributed by atoms with van der Waals surface area (Å²) in [6, 6.07) is 11.6. The SMILES string of the molecule is CCOC(=O)c1ccc(S(=O)(=O)N2CCC(C(=O)N(C)Cc3ccc(C#N)cc3)CC2)o1. The number of ether oxygens (including phenoxy) is 1. The van der Waals surface area contributed by atoms with E-state index in [9.17, 15) is 18.0 Å². The van der Waals surface area contributed by atoms with Gasteiger partial charge in [0.15, 0.2) is 0 Å². The van der Waals surface area contributed by atoms with Crippen LogP contribution in [-0.2, 0) is 26.1 Å². The summed E-state index contributed by atoms with van der Waals surface area (Å²) in [5, 5.41) is 8.56. The lowest BCUT2D eigenvalue weighted by Gasteiger charge is -2.32. The predicted octanol–water partition coefficient (Wildman–Crippen LogP) is 2.39. The van der Waals surface area contributed by atoms with Crippen LogP contribution in [0.4, 0.5) is 0 Å². The van der Waals surface area contributed by atoms with E-state index >= 15 is 0 Å². The first-order valence-electron chi connectivity index (χ1n) is 10.3. The summed E-state index contributed by atoms with van der Waals surface area (Å²) in [5.74, 6) is -1.21. The van der Waals surface area contributed by atoms with E-state index < -0.39 is 16.0 Å². The first kappa shape index (κ1) is 23.5. The van der Waals surface area contributed by atoms with Crippen molar-refractivity contribution < 1.29 is 27.2 Å². The minimum absolute atomic E-state index is 0.0472. The fourth-order valence-electron chi connectivity index (χ4n) is 3.59. The van der Waals surface area contributed by atoms with Gasteiger partial charge >= 0.3 is 5.97 Å². The maximum absolute atomic E-state index is 12.8. The van der Waals surface area contributed by atoms with Gasteiger partial charge in [0.2, 0.25) is 16.8 Å². The zero-order valence-corrected chi connectivity index (χ0v) is 18.8. The molecule has 0 aliphatic carbocycles. The molecule has 2 heterocycles. The number of rotatable bonds is 7. The summed E-state index contributed by atoms with van der Waals surface area (Å²) < 4.78 is 37.0. The van der Waals surface area contributed by atoms with Gasteiger partial charge in [-0.2, -0.15) is 9.57 Å². The molecule has 0 radical (unpaired) electrons. The highest BCUT2D eigenvalue weighted by atomic mass is 32.2. The number of carbonyl (C=O) groups excluding carboxylic acids is 2. The molecule has 0 bridgehead atoms. The molecule has 1 aromatic heterocycles. The molecule has 0 atom stereocenters. The number of nitrogens with zero attached hydrogens (tertiary/aromatic N) is 3. The smallest absolute Gasteiger partial charge is 0.374 e. The van der Waals surface area contributed by atoms with E-state index in [-0.39, 0.29) is 42.4 Å². The van der Waals surface area contributed by atoms with Crippen LogP contribution in [0.25, 0.3) is 0 Å². The molecule has 0 unspecified atom stereocenters. The normalized spacial score (nSPS) is 15.2. The van der Waals surface area contributed by atoms with Gasteiger partial charge in [-0.15, -0.1) is 0 Å². The highest BCUT2D eigenvalue weighted by molar-refractivity contribution is 7.89. The van der Waals surface area contributed by atoms with Gasteiger partial charge in [-0.3, -0.25) is 4.79 Å². The zero-order valence-electron chi connectivity index (χ0n) is 18.0. The topological polar surface area (TPSA) is 121 Å². The van der Waals surface area contributed by atoms with Gasteiger partial charge in [-0.25, -0.2) is 13.2 Å². The number of piperidine rings is 1. The van der Waals surface area contributed by atoms with Crippen LogP contribution < -0.4 is 0 Å². The van der Waals surface area contributed by atoms with Crippen molar-refractivity contribution >= 4 is 21.9 Å². The molecular formula is C22H25N3O6S. The molecule has 1 saturated heterocycles. The fraction of sp³-hybridized carbons (Fsp3) is 0.409. The van der Waals surface area contributed by atoms with Crippen LogP contribution in [0.3, 0.4) is 0 Å². The number of hydrogen-bond donors (Lipinski definition) is 0. The Balaban J connectivity index is 1.58. The van der Waals surface area contributed by atoms with Crippen LogP contribution in [0.5, 0.6) is 0 Å². The Morgan fingerprint density at radius 1 is 1.19 bits per heavy atom. The molecule has 1 amide bonds. The number of hydrogen-bond acceptors (Lipinski definition) is 7. The second-order valence-corrected chi connectivity index (χ2v) is 9.39. The lowest BCUT2D eigenvalue weighted by Crippen LogP contribution is -2.43. The highest BCUT2D eigenvalue weighted by Gasteiger charge is 2.35. The maximum Gasteiger partial charge on any atom is 0.374 e. The molecule has 1 aliphatic rings. The number of esters is 1. The standard InChI is InChI=1S/C22H25N3O6S/c1-3-30-22(27)19-8-9-20(31-19)32(28,29)25-12-10-18(11-13-25)21(26)24(2)15-17-6-4-16(14-23)5-7-17/h4-9,18H,3,10-13,15H2,1-2H3. The van der Waals surface area contributed by atoms with Gasteiger partial charge in [0, 0.05) is 32.6 Å². The van der Waals surface area contributed by atoms with E-state index in [0.29, 0.717) is 24.9 Å². The number of amides is 1. The van der Waals surface area contributed by atoms with Gasteiger partial charge in [0.1, 0.15) is 0 Å². The minimum Gasteiger partial charge on any atom is -0.460 e. The average Bonchev–Trinajstić information content (AvgIpc) is 3.31. The third-order valence-corrected chi connectivity index (χ3v) is 7.11. The molecule has 170 valence electrons. The van der Waals surface area contributed by atoms with Crippen molar-refractivity contribution in [1.82, 2.24) is 9.21 Å². The van der Waals surface area contributed by atoms with Gasteiger partial charge in [0.05, 0.1) is 18.2 Å². The van der Waals surface area contributed by atoms with E-state index in [4.69, 9.17) is 14.4 Å². The van der Waals surface area contributed by atoms with E-state index in [0.717, 1.165) is 5.56 Å². The van der Waals surface area contributed by atoms with Crippen molar-refractivity contribution in [2.75, 3.05) is 26.7 Å². The Hall–Kier alpha value is -3.16. The molecule has 1 aliphatic heterocycles. The average molecular weight is 460 g/mol. The van der Waals surface area contributed by atoms with Crippen LogP contribution in [0.15, 0.2) is 45.9 Å². The largest absolute Gasteiger partial charge is 0.460 e. The Labute approximate surface area is 187 Å². The molecule has 2 aromatic rings. The molecule has 1 aromatic carbocycles. The first-order chi connectivity index (χ1) is 15.3. The molecule has 9 nitrogen and oxygen atoms in total. The lowest BCUT2D eigenvalue weighted by molar-refractivity contribution is -0.135. The van der Waals surface area contributed by atoms with Crippen molar-refractivity contribution in [2.45, 2.75) is 31.4 Å². The maximum atomic E-state index is 12.8. The van der Waals surface area contributed by atoms with Gasteiger partial charge in [0.25, 0.3) is 10.0 Å². The van der Waals surface area contributed by atoms with E-state index in [1.54, 1.807) is 31.0 Å². The second kappa shape index (κ2) is 9.97. The van der Waals surface area contributed by atoms with Gasteiger partial charge < -0.3 is 14.1 Å². The number of furan rings is 1. The highest BCUT2D eigenvalue weighted by Crippen LogP contribution is 2.26. The Bertz CT molecular complexity index is 1110. The number of carbonyl (C=O) groups is 2. The molecular weight excluding hydrogens is 434 g/mol. The first-order valence-corrected chi connectivity index (χ1v) is 11.7. The Morgan fingerprint density at radius 3 is 2.44 bits per heavy atom. The van der Waals surface area contributed by atoms with Crippen molar-refractivity contribution in [1.29, 1.82) is 5.26 Å². The summed E-state index contributed by atoms with van der Waals surface area (Å²) in [4.78, 5) is 26.2. The lowest BCUT2D eigenvalue weighted by atomic mass is 9.96. The third kappa shape index (κ3) is 5.18. The summed E-state index contributed by atoms with van der Waals surface area (Å²) in [6.07, 6.45) is 0.780. The number of nitriles is 1. The Kier molecular flexibility index (Phi) is 7.33. The van der Waals surface area contributed by atoms with Crippen molar-refractivity contribution in [3.63, 3.8) is 0 Å². The van der Waals surface area contributed by atoms with Gasteiger partial charge in [-0.1, -0.05) is 12.1 Å². The molecule has 10 heteroatoms. The van der Waals surface area contributed by atoms with Crippen LogP contribution in [0, 0.1) is 17.2 Å². The summed E-state index contributed by atoms with van der Waals surface area (Å²) in [7, 11) is -2.19. The van der Waals surface area contributed by atoms with Gasteiger partial charge in [-0.05, 0) is 49.6 Å². The third-order valence-electron chi connectivity index (χ3n) is 5.33. The second-order valence-electron chi connectivity index (χ2n) is 7.52. The van der Waals surface area contributed by atoms with Crippen LogP contribution in [0.1, 0.15) is 41.4 Å². The summed E-state index contributed by atoms with van der Waals surface area (Å²) in [5.41, 5.74) is 1.47. The van der Waals surface area contributed by atoms with E-state index in [1.165, 1.54) is 16.4 Å².